The molecular formula is C18H47BN9NaO6. The Balaban J connectivity index is -0.000000106. The number of guanidine groups is 1. The molecule has 0 bridgehead atoms. The van der Waals surface area contributed by atoms with Gasteiger partial charge in [-0.15, -0.1) is 0 Å². The van der Waals surface area contributed by atoms with Crippen molar-refractivity contribution in [1.82, 2.24) is 0 Å². The van der Waals surface area contributed by atoms with E-state index >= 15 is 0 Å². The molecule has 0 unspecified atom stereocenters. The molecule has 0 saturated carbocycles. The Morgan fingerprint density at radius 1 is 0.943 bits per heavy atom. The summed E-state index contributed by atoms with van der Waals surface area (Å²) in [4.78, 5) is 33.7. The van der Waals surface area contributed by atoms with Crippen LogP contribution in [0.1, 0.15) is 57.9 Å². The predicted octanol–water partition coefficient (Wildman–Crippen LogP) is -6.72. The average Bonchev–Trinajstić information content (AvgIpc) is 2.73. The molecule has 0 rings (SSSR count). The maximum absolute atomic E-state index is 10.3. The van der Waals surface area contributed by atoms with Gasteiger partial charge in [0.25, 0.3) is 0 Å². The molecule has 0 spiro atoms. The number of nitrogens with two attached hydrogens (primary N) is 7. The van der Waals surface area contributed by atoms with E-state index in [-0.39, 0.29) is 67.0 Å². The Bertz CT molecular complexity index is 814. The van der Waals surface area contributed by atoms with E-state index in [0.29, 0.717) is 6.42 Å². The molecule has 0 heterocycles. The fraction of sp³-hybridized carbons (Fsp3) is 0.722. The van der Waals surface area contributed by atoms with Gasteiger partial charge in [-0.25, -0.2) is 5.34 Å². The zero-order valence-corrected chi connectivity index (χ0v) is 22.6. The third-order valence-electron chi connectivity index (χ3n) is 2.93. The first-order chi connectivity index (χ1) is 18.5. The van der Waals surface area contributed by atoms with E-state index in [2.05, 4.69) is 4.99 Å². The van der Waals surface area contributed by atoms with Crippen molar-refractivity contribution < 1.29 is 64.7 Å². The van der Waals surface area contributed by atoms with Crippen molar-refractivity contribution >= 4 is 38.0 Å². The van der Waals surface area contributed by atoms with Crippen molar-refractivity contribution in [2.24, 2.45) is 45.1 Å². The van der Waals surface area contributed by atoms with E-state index < -0.39 is 57.3 Å². The minimum Gasteiger partial charge on any atom is -0.480 e. The largest absolute Gasteiger partial charge is 1.00 e. The predicted molar refractivity (Wildman–Crippen MR) is 139 cm³/mol. The fourth-order valence-corrected chi connectivity index (χ4v) is 1.29. The number of hydrogen-bond donors (Lipinski definition) is 11. The second-order valence-electron chi connectivity index (χ2n) is 6.28. The Morgan fingerprint density at radius 2 is 1.26 bits per heavy atom. The minimum absolute atomic E-state index is 0. The van der Waals surface area contributed by atoms with Gasteiger partial charge >= 0.3 is 47.5 Å². The molecular weight excluding hydrogens is 474 g/mol. The summed E-state index contributed by atoms with van der Waals surface area (Å²) in [6.45, 7) is -0.359. The van der Waals surface area contributed by atoms with E-state index in [4.69, 9.17) is 71.7 Å². The van der Waals surface area contributed by atoms with Gasteiger partial charge in [0.1, 0.15) is 18.1 Å². The first-order valence-electron chi connectivity index (χ1n) is 13.9. The molecule has 0 amide bonds. The van der Waals surface area contributed by atoms with Crippen LogP contribution in [0.5, 0.6) is 0 Å². The molecule has 35 heavy (non-hydrogen) atoms. The molecule has 0 saturated heterocycles. The van der Waals surface area contributed by atoms with E-state index in [0.717, 1.165) is 6.42 Å². The van der Waals surface area contributed by atoms with Crippen LogP contribution in [0, 0.1) is 5.41 Å². The summed E-state index contributed by atoms with van der Waals surface area (Å²) < 4.78 is 52.2. The summed E-state index contributed by atoms with van der Waals surface area (Å²) in [6, 6.07) is -2.78. The summed E-state index contributed by atoms with van der Waals surface area (Å²) in [5, 5.41) is 31.2. The van der Waals surface area contributed by atoms with Crippen LogP contribution in [0.15, 0.2) is 4.99 Å². The summed E-state index contributed by atoms with van der Waals surface area (Å²) in [5.41, 5.74) is 35.0. The molecule has 204 valence electrons. The van der Waals surface area contributed by atoms with Crippen LogP contribution in [0.3, 0.4) is 0 Å². The maximum atomic E-state index is 10.3. The van der Waals surface area contributed by atoms with Gasteiger partial charge < -0.3 is 55.5 Å². The zero-order valence-electron chi connectivity index (χ0n) is 28.6. The van der Waals surface area contributed by atoms with Gasteiger partial charge in [0.2, 0.25) is 0 Å². The molecule has 0 radical (unpaired) electrons. The number of carboxylic acid groups (broad SMARTS) is 3. The van der Waals surface area contributed by atoms with Crippen molar-refractivity contribution in [3.8, 4) is 0 Å². The number of aliphatic carboxylic acids is 3. The Labute approximate surface area is 242 Å². The Morgan fingerprint density at radius 3 is 1.49 bits per heavy atom. The van der Waals surface area contributed by atoms with E-state index in [9.17, 15) is 14.4 Å². The fourth-order valence-electron chi connectivity index (χ4n) is 1.29. The van der Waals surface area contributed by atoms with Gasteiger partial charge in [-0.2, -0.15) is 0 Å². The van der Waals surface area contributed by atoms with E-state index in [1.165, 1.54) is 6.92 Å². The van der Waals surface area contributed by atoms with Crippen LogP contribution < -0.4 is 69.7 Å². The molecule has 0 aliphatic rings. The third kappa shape index (κ3) is 50.0. The number of amidine groups is 1. The van der Waals surface area contributed by atoms with Crippen molar-refractivity contribution in [2.45, 2.75) is 70.5 Å². The van der Waals surface area contributed by atoms with Crippen LogP contribution in [0.4, 0.5) is 0 Å². The number of carbonyl (C=O) groups is 3. The van der Waals surface area contributed by atoms with Crippen LogP contribution in [-0.4, -0.2) is 89.8 Å². The SMILES string of the molecule is CC(=N)N.CCC[C@H](N)C(=O)O.[2H][13C]([2H])(CC[C@H](N)C(=O)O)N=C(N)N.[2H][13C]([2H])(N)CC[C@H](N)C(=O)O.[2H][B-]([2H])([2H])[2H].[Na+]. The molecule has 0 aliphatic heterocycles. The van der Waals surface area contributed by atoms with Gasteiger partial charge in [0, 0.05) is 9.24 Å². The van der Waals surface area contributed by atoms with Crippen LogP contribution in [0.25, 0.3) is 0 Å². The number of hydrogen-bond acceptors (Lipinski definition) is 9. The Hall–Kier alpha value is -1.95. The van der Waals surface area contributed by atoms with Crippen LogP contribution in [-0.2, 0) is 14.4 Å². The van der Waals surface area contributed by atoms with Crippen LogP contribution in [0.2, 0.25) is 0 Å². The molecule has 0 fully saturated rings. The molecule has 15 nitrogen and oxygen atoms in total. The van der Waals surface area contributed by atoms with Crippen LogP contribution >= 0.6 is 0 Å². The Kier molecular flexibility index (Phi) is 25.3. The summed E-state index contributed by atoms with van der Waals surface area (Å²) in [6.07, 6.45) is 1.24. The second-order valence-corrected chi connectivity index (χ2v) is 6.28. The molecule has 0 aliphatic carbocycles. The van der Waals surface area contributed by atoms with Gasteiger partial charge in [0.15, 0.2) is 5.96 Å². The quantitative estimate of drug-likeness (QED) is 0.0485. The van der Waals surface area contributed by atoms with Gasteiger partial charge in [-0.1, -0.05) is 21.6 Å². The van der Waals surface area contributed by atoms with E-state index in [1.807, 2.05) is 6.92 Å². The summed E-state index contributed by atoms with van der Waals surface area (Å²) in [5.74, 6) is -3.43. The van der Waals surface area contributed by atoms with Gasteiger partial charge in [-0.3, -0.25) is 24.8 Å². The molecule has 0 aromatic heterocycles. The normalized spacial score (nSPS) is 15.6. The van der Waals surface area contributed by atoms with E-state index in [1.54, 1.807) is 0 Å². The monoisotopic (exact) mass is 529 g/mol. The summed E-state index contributed by atoms with van der Waals surface area (Å²) >= 11 is 0. The van der Waals surface area contributed by atoms with Crippen molar-refractivity contribution in [3.05, 3.63) is 0 Å². The van der Waals surface area contributed by atoms with Crippen molar-refractivity contribution in [3.63, 3.8) is 0 Å². The summed E-state index contributed by atoms with van der Waals surface area (Å²) in [7, 11) is -3.00. The number of carboxylic acids is 3. The third-order valence-corrected chi connectivity index (χ3v) is 2.93. The molecule has 17 heteroatoms. The number of nitrogens with zero attached hydrogens (tertiary/aromatic N) is 1. The molecule has 3 atom stereocenters. The first-order valence-corrected chi connectivity index (χ1v) is 9.64. The number of rotatable bonds is 12. The van der Waals surface area contributed by atoms with Crippen molar-refractivity contribution in [1.29, 1.82) is 10.8 Å². The average molecular weight is 529 g/mol. The number of nitrogens with one attached hydrogen (secondary N) is 1. The zero-order chi connectivity index (χ0) is 35.1. The molecule has 0 aromatic carbocycles. The van der Waals surface area contributed by atoms with Gasteiger partial charge in [0.05, 0.1) is 8.58 Å². The second kappa shape index (κ2) is 32.1. The first kappa shape index (κ1) is 27.6. The standard InChI is InChI=1S/C6H14N4O2.C5H12N2O2.C5H11NO2.C2H6N2.BH4.Na/c7-4(5(11)12)2-1-3-10-6(8)9;6-3-1-2-4(7)5(8)9;1-2-3-4(6)5(7)8;1-2(3)4;;/h4H,1-3,7H2,(H,11,12)(H4,8,9,10);4H,1-3,6-7H2,(H,8,9);4H,2-3,6H2,1H3,(H,7,8);1H3,(H3,3,4);1H4;/q;;;;-1;+1/t3*4-;;;/m000.../s1/i2*3+1D2;;;1D4;. The maximum Gasteiger partial charge on any atom is 1.00 e. The minimum atomic E-state index is -3.00. The number of aliphatic imine (C=N–C) groups is 1. The topological polar surface area (TPSA) is 330 Å². The molecule has 0 aromatic rings. The van der Waals surface area contributed by atoms with Crippen molar-refractivity contribution in [2.75, 3.05) is 13.0 Å². The van der Waals surface area contributed by atoms with Gasteiger partial charge in [-0.05, 0) is 45.5 Å². The molecule has 18 N–H and O–H groups in total. The smallest absolute Gasteiger partial charge is 0.480 e.